The Morgan fingerprint density at radius 3 is 2.33 bits per heavy atom. The summed E-state index contributed by atoms with van der Waals surface area (Å²) in [6, 6.07) is 8.24. The molecule has 1 aromatic heterocycles. The van der Waals surface area contributed by atoms with Gasteiger partial charge in [0.25, 0.3) is 0 Å². The molecule has 0 saturated carbocycles. The van der Waals surface area contributed by atoms with Crippen LogP contribution in [0.15, 0.2) is 24.3 Å². The number of nitrogens with zero attached hydrogens (tertiary/aromatic N) is 2. The molecule has 0 aliphatic rings. The largest absolute Gasteiger partial charge is 0.385 e. The monoisotopic (exact) mass is 306 g/mol. The number of aromatic nitrogens is 1. The molecule has 0 atom stereocenters. The molecule has 114 valence electrons. The summed E-state index contributed by atoms with van der Waals surface area (Å²) in [6.07, 6.45) is 0. The zero-order valence-electron chi connectivity index (χ0n) is 13.2. The van der Waals surface area contributed by atoms with E-state index in [4.69, 9.17) is 4.74 Å². The van der Waals surface area contributed by atoms with E-state index >= 15 is 0 Å². The van der Waals surface area contributed by atoms with E-state index in [2.05, 4.69) is 34.1 Å². The second-order valence-corrected chi connectivity index (χ2v) is 6.73. The molecule has 0 amide bonds. The fraction of sp³-hybridized carbons (Fsp3) is 0.438. The molecule has 21 heavy (non-hydrogen) atoms. The molecule has 0 bridgehead atoms. The number of hydrogen-bond acceptors (Lipinski definition) is 5. The summed E-state index contributed by atoms with van der Waals surface area (Å²) in [5.74, 6) is 0. The van der Waals surface area contributed by atoms with Gasteiger partial charge in [0, 0.05) is 32.5 Å². The third-order valence-electron chi connectivity index (χ3n) is 3.16. The third-order valence-corrected chi connectivity index (χ3v) is 4.62. The van der Waals surface area contributed by atoms with Gasteiger partial charge >= 0.3 is 0 Å². The molecule has 2 rings (SSSR count). The van der Waals surface area contributed by atoms with Crippen LogP contribution in [0.5, 0.6) is 0 Å². The van der Waals surface area contributed by atoms with Crippen LogP contribution in [0.25, 0.3) is 10.6 Å². The van der Waals surface area contributed by atoms with Gasteiger partial charge in [-0.25, -0.2) is 4.98 Å². The van der Waals surface area contributed by atoms with E-state index in [1.807, 2.05) is 14.1 Å². The molecular formula is C16H22N2O2S. The molecule has 0 fully saturated rings. The van der Waals surface area contributed by atoms with Crippen LogP contribution in [0, 0.1) is 0 Å². The molecule has 1 N–H and O–H groups in total. The quantitative estimate of drug-likeness (QED) is 0.921. The molecule has 0 saturated heterocycles. The maximum atomic E-state index is 10.3. The van der Waals surface area contributed by atoms with Gasteiger partial charge in [-0.2, -0.15) is 0 Å². The van der Waals surface area contributed by atoms with Crippen molar-refractivity contribution in [1.29, 1.82) is 0 Å². The van der Waals surface area contributed by atoms with Crippen molar-refractivity contribution in [3.05, 3.63) is 34.8 Å². The number of anilines is 1. The Bertz CT molecular complexity index is 598. The van der Waals surface area contributed by atoms with Gasteiger partial charge in [0.15, 0.2) is 0 Å². The number of aliphatic hydroxyl groups is 1. The predicted molar refractivity (Wildman–Crippen MR) is 87.8 cm³/mol. The van der Waals surface area contributed by atoms with Crippen LogP contribution in [0.3, 0.4) is 0 Å². The molecule has 1 heterocycles. The van der Waals surface area contributed by atoms with Gasteiger partial charge < -0.3 is 14.7 Å². The molecule has 5 heteroatoms. The van der Waals surface area contributed by atoms with E-state index < -0.39 is 5.60 Å². The highest BCUT2D eigenvalue weighted by atomic mass is 32.1. The van der Waals surface area contributed by atoms with Crippen molar-refractivity contribution in [2.75, 3.05) is 26.1 Å². The maximum absolute atomic E-state index is 10.3. The van der Waals surface area contributed by atoms with Crippen LogP contribution in [0.4, 0.5) is 5.69 Å². The van der Waals surface area contributed by atoms with Crippen molar-refractivity contribution in [2.45, 2.75) is 26.1 Å². The fourth-order valence-corrected chi connectivity index (χ4v) is 3.17. The highest BCUT2D eigenvalue weighted by molar-refractivity contribution is 7.15. The van der Waals surface area contributed by atoms with Crippen molar-refractivity contribution in [1.82, 2.24) is 4.98 Å². The molecule has 0 aliphatic carbocycles. The van der Waals surface area contributed by atoms with Crippen LogP contribution < -0.4 is 4.90 Å². The summed E-state index contributed by atoms with van der Waals surface area (Å²) in [7, 11) is 5.67. The van der Waals surface area contributed by atoms with E-state index in [1.165, 1.54) is 11.3 Å². The molecular weight excluding hydrogens is 284 g/mol. The first-order valence-corrected chi connectivity index (χ1v) is 7.64. The second-order valence-electron chi connectivity index (χ2n) is 5.73. The Hall–Kier alpha value is -1.43. The molecule has 0 aliphatic heterocycles. The summed E-state index contributed by atoms with van der Waals surface area (Å²) in [5.41, 5.74) is 2.10. The minimum absolute atomic E-state index is 0.408. The first kappa shape index (κ1) is 15.9. The topological polar surface area (TPSA) is 45.6 Å². The lowest BCUT2D eigenvalue weighted by Crippen LogP contribution is -2.16. The number of methoxy groups -OCH3 is 1. The zero-order chi connectivity index (χ0) is 15.6. The Morgan fingerprint density at radius 2 is 1.86 bits per heavy atom. The second kappa shape index (κ2) is 6.13. The van der Waals surface area contributed by atoms with E-state index in [1.54, 1.807) is 21.0 Å². The normalized spacial score (nSPS) is 11.7. The van der Waals surface area contributed by atoms with E-state index in [9.17, 15) is 5.11 Å². The van der Waals surface area contributed by atoms with Crippen molar-refractivity contribution in [3.8, 4) is 10.6 Å². The highest BCUT2D eigenvalue weighted by Gasteiger charge is 2.25. The van der Waals surface area contributed by atoms with Crippen molar-refractivity contribution < 1.29 is 9.84 Å². The lowest BCUT2D eigenvalue weighted by molar-refractivity contribution is 0.0782. The summed E-state index contributed by atoms with van der Waals surface area (Å²) >= 11 is 1.52. The Balaban J connectivity index is 2.40. The molecule has 2 aromatic rings. The zero-order valence-corrected chi connectivity index (χ0v) is 14.0. The van der Waals surface area contributed by atoms with Gasteiger partial charge in [0.05, 0.1) is 22.8 Å². The maximum Gasteiger partial charge on any atom is 0.124 e. The Labute approximate surface area is 130 Å². The van der Waals surface area contributed by atoms with Gasteiger partial charge in [-0.15, -0.1) is 11.3 Å². The minimum atomic E-state index is -0.909. The van der Waals surface area contributed by atoms with E-state index in [-0.39, 0.29) is 0 Å². The summed E-state index contributed by atoms with van der Waals surface area (Å²) in [5, 5.41) is 11.2. The van der Waals surface area contributed by atoms with Gasteiger partial charge in [-0.05, 0) is 38.1 Å². The van der Waals surface area contributed by atoms with Crippen molar-refractivity contribution in [2.24, 2.45) is 0 Å². The molecule has 4 nitrogen and oxygen atoms in total. The fourth-order valence-electron chi connectivity index (χ4n) is 2.09. The van der Waals surface area contributed by atoms with Gasteiger partial charge in [-0.1, -0.05) is 0 Å². The first-order valence-electron chi connectivity index (χ1n) is 6.82. The van der Waals surface area contributed by atoms with Gasteiger partial charge in [0.1, 0.15) is 5.01 Å². The number of ether oxygens (including phenoxy) is 1. The Morgan fingerprint density at radius 1 is 1.24 bits per heavy atom. The van der Waals surface area contributed by atoms with Crippen molar-refractivity contribution in [3.63, 3.8) is 0 Å². The molecule has 0 unspecified atom stereocenters. The summed E-state index contributed by atoms with van der Waals surface area (Å²) in [4.78, 5) is 7.55. The van der Waals surface area contributed by atoms with Crippen LogP contribution in [0.1, 0.15) is 24.4 Å². The molecule has 1 aromatic carbocycles. The standard InChI is InChI=1S/C16H22N2O2S/c1-16(2,19)14-13(10-20-5)17-15(21-14)11-6-8-12(9-7-11)18(3)4/h6-9,19H,10H2,1-5H3. The third kappa shape index (κ3) is 3.61. The summed E-state index contributed by atoms with van der Waals surface area (Å²) in [6.45, 7) is 3.96. The number of thiazole rings is 1. The number of benzene rings is 1. The predicted octanol–water partition coefficient (Wildman–Crippen LogP) is 3.25. The minimum Gasteiger partial charge on any atom is -0.385 e. The average Bonchev–Trinajstić information content (AvgIpc) is 2.83. The number of hydrogen-bond donors (Lipinski definition) is 1. The molecule has 0 spiro atoms. The average molecular weight is 306 g/mol. The molecule has 0 radical (unpaired) electrons. The summed E-state index contributed by atoms with van der Waals surface area (Å²) < 4.78 is 5.19. The highest BCUT2D eigenvalue weighted by Crippen LogP contribution is 2.35. The van der Waals surface area contributed by atoms with Crippen LogP contribution in [0.2, 0.25) is 0 Å². The Kier molecular flexibility index (Phi) is 4.66. The van der Waals surface area contributed by atoms with Crippen molar-refractivity contribution >= 4 is 17.0 Å². The lowest BCUT2D eigenvalue weighted by Gasteiger charge is -2.16. The van der Waals surface area contributed by atoms with Gasteiger partial charge in [-0.3, -0.25) is 0 Å². The van der Waals surface area contributed by atoms with Crippen LogP contribution >= 0.6 is 11.3 Å². The van der Waals surface area contributed by atoms with E-state index in [0.717, 1.165) is 26.8 Å². The first-order chi connectivity index (χ1) is 9.82. The van der Waals surface area contributed by atoms with Crippen LogP contribution in [-0.4, -0.2) is 31.3 Å². The van der Waals surface area contributed by atoms with Crippen LogP contribution in [-0.2, 0) is 16.9 Å². The van der Waals surface area contributed by atoms with E-state index in [0.29, 0.717) is 6.61 Å². The lowest BCUT2D eigenvalue weighted by atomic mass is 10.1. The van der Waals surface area contributed by atoms with Gasteiger partial charge in [0.2, 0.25) is 0 Å². The smallest absolute Gasteiger partial charge is 0.124 e. The number of rotatable bonds is 5. The SMILES string of the molecule is COCc1nc(-c2ccc(N(C)C)cc2)sc1C(C)(C)O.